The summed E-state index contributed by atoms with van der Waals surface area (Å²) < 4.78 is 7.83. The molecule has 142 valence electrons. The summed E-state index contributed by atoms with van der Waals surface area (Å²) in [6.45, 7) is 4.69. The maximum Gasteiger partial charge on any atom is 0.441 e. The monoisotopic (exact) mass is 387 g/mol. The first-order chi connectivity index (χ1) is 13.0. The Morgan fingerprint density at radius 3 is 2.85 bits per heavy atom. The first kappa shape index (κ1) is 19.2. The van der Waals surface area contributed by atoms with Crippen molar-refractivity contribution in [2.75, 3.05) is 24.4 Å². The minimum Gasteiger partial charge on any atom is -0.408 e. The summed E-state index contributed by atoms with van der Waals surface area (Å²) in [6.07, 6.45) is 2.25. The molecule has 1 aromatic carbocycles. The highest BCUT2D eigenvalue weighted by Gasteiger charge is 2.36. The number of likely N-dealkylation sites (tertiary alicyclic amines) is 1. The number of para-hydroxylation sites is 1. The molecule has 1 aromatic heterocycles. The fourth-order valence-electron chi connectivity index (χ4n) is 3.15. The van der Waals surface area contributed by atoms with Gasteiger partial charge in [-0.05, 0) is 37.9 Å². The number of nitrogens with one attached hydrogen (secondary N) is 2. The van der Waals surface area contributed by atoms with Crippen molar-refractivity contribution in [1.82, 2.24) is 15.2 Å². The van der Waals surface area contributed by atoms with Crippen LogP contribution >= 0.6 is 11.9 Å². The Morgan fingerprint density at radius 1 is 1.41 bits per heavy atom. The Morgan fingerprint density at radius 2 is 2.15 bits per heavy atom. The second-order valence-electron chi connectivity index (χ2n) is 6.48. The van der Waals surface area contributed by atoms with Crippen molar-refractivity contribution in [2.45, 2.75) is 31.7 Å². The molecule has 1 saturated heterocycles. The van der Waals surface area contributed by atoms with Gasteiger partial charge in [0.05, 0.1) is 11.5 Å². The van der Waals surface area contributed by atoms with Crippen LogP contribution in [0.4, 0.5) is 10.6 Å². The lowest BCUT2D eigenvalue weighted by molar-refractivity contribution is 0.171. The molecule has 3 rings (SSSR count). The number of fused-ring (bicyclic) bond motifs is 1. The number of nitrogens with zero attached hydrogens (tertiary/aromatic N) is 3. The van der Waals surface area contributed by atoms with E-state index in [1.165, 1.54) is 0 Å². The number of carbonyl (C=O) groups is 1. The number of benzene rings is 1. The number of piperidine rings is 1. The Hall–Kier alpha value is -2.57. The highest BCUT2D eigenvalue weighted by atomic mass is 32.2. The molecular formula is C18H21N5O3S. The van der Waals surface area contributed by atoms with Gasteiger partial charge in [-0.1, -0.05) is 19.1 Å². The summed E-state index contributed by atoms with van der Waals surface area (Å²) in [4.78, 5) is 30.0. The third-order valence-corrected chi connectivity index (χ3v) is 5.17. The van der Waals surface area contributed by atoms with Crippen molar-refractivity contribution in [3.63, 3.8) is 0 Å². The molecule has 0 atom stereocenters. The van der Waals surface area contributed by atoms with Gasteiger partial charge in [0.2, 0.25) is 0 Å². The first-order valence-electron chi connectivity index (χ1n) is 8.84. The Kier molecular flexibility index (Phi) is 5.98. The molecule has 0 radical (unpaired) electrons. The second-order valence-corrected chi connectivity index (χ2v) is 7.26. The summed E-state index contributed by atoms with van der Waals surface area (Å²) in [7, 11) is 0. The summed E-state index contributed by atoms with van der Waals surface area (Å²) in [5, 5.41) is 12.6. The third kappa shape index (κ3) is 4.59. The average molecular weight is 387 g/mol. The number of carbonyl (C=O) groups excluding carboxylic acids is 1. The van der Waals surface area contributed by atoms with Crippen LogP contribution in [0.2, 0.25) is 0 Å². The Balaban J connectivity index is 1.63. The molecule has 0 aliphatic carbocycles. The number of hydrogen-bond donors (Lipinski definition) is 2. The van der Waals surface area contributed by atoms with E-state index < -0.39 is 11.3 Å². The van der Waals surface area contributed by atoms with E-state index in [0.717, 1.165) is 38.0 Å². The fraction of sp³-hybridized carbons (Fsp3) is 0.444. The molecule has 0 bridgehead atoms. The van der Waals surface area contributed by atoms with Crippen LogP contribution in [0, 0.1) is 11.3 Å². The molecule has 1 aliphatic heterocycles. The zero-order valence-electron chi connectivity index (χ0n) is 15.0. The van der Waals surface area contributed by atoms with Gasteiger partial charge in [-0.25, -0.2) is 4.79 Å². The fourth-order valence-corrected chi connectivity index (χ4v) is 3.74. The summed E-state index contributed by atoms with van der Waals surface area (Å²) in [5.41, 5.74) is -0.473. The quantitative estimate of drug-likeness (QED) is 0.753. The smallest absolute Gasteiger partial charge is 0.408 e. The molecule has 1 aliphatic rings. The Bertz CT molecular complexity index is 915. The zero-order chi connectivity index (χ0) is 19.3. The first-order valence-corrected chi connectivity index (χ1v) is 9.65. The SMILES string of the molecule is CCCN1CCC(C#N)(NC(=O)SNc2nc(=O)oc3ccccc23)CC1. The van der Waals surface area contributed by atoms with Crippen LogP contribution in [0.15, 0.2) is 33.5 Å². The van der Waals surface area contributed by atoms with Gasteiger partial charge in [0.25, 0.3) is 0 Å². The maximum atomic E-state index is 12.4. The van der Waals surface area contributed by atoms with E-state index >= 15 is 0 Å². The van der Waals surface area contributed by atoms with Gasteiger partial charge in [0.15, 0.2) is 5.82 Å². The molecular weight excluding hydrogens is 366 g/mol. The van der Waals surface area contributed by atoms with Crippen LogP contribution < -0.4 is 15.8 Å². The number of rotatable bonds is 5. The van der Waals surface area contributed by atoms with Crippen LogP contribution in [0.5, 0.6) is 0 Å². The Labute approximate surface area is 161 Å². The van der Waals surface area contributed by atoms with Gasteiger partial charge in [-0.15, -0.1) is 0 Å². The molecule has 8 nitrogen and oxygen atoms in total. The number of nitriles is 1. The van der Waals surface area contributed by atoms with E-state index in [-0.39, 0.29) is 11.1 Å². The summed E-state index contributed by atoms with van der Waals surface area (Å²) in [6, 6.07) is 9.20. The molecule has 2 N–H and O–H groups in total. The van der Waals surface area contributed by atoms with E-state index in [9.17, 15) is 14.9 Å². The highest BCUT2D eigenvalue weighted by Crippen LogP contribution is 2.25. The minimum atomic E-state index is -0.860. The zero-order valence-corrected chi connectivity index (χ0v) is 15.8. The van der Waals surface area contributed by atoms with Gasteiger partial charge in [-0.2, -0.15) is 10.2 Å². The van der Waals surface area contributed by atoms with Gasteiger partial charge in [-0.3, -0.25) is 4.79 Å². The van der Waals surface area contributed by atoms with E-state index in [0.29, 0.717) is 23.8 Å². The highest BCUT2D eigenvalue weighted by molar-refractivity contribution is 8.14. The van der Waals surface area contributed by atoms with Crippen LogP contribution in [0.1, 0.15) is 26.2 Å². The van der Waals surface area contributed by atoms with Crippen LogP contribution in [0.3, 0.4) is 0 Å². The van der Waals surface area contributed by atoms with Gasteiger partial charge < -0.3 is 19.4 Å². The molecule has 0 saturated carbocycles. The van der Waals surface area contributed by atoms with Crippen molar-refractivity contribution in [3.05, 3.63) is 34.8 Å². The van der Waals surface area contributed by atoms with E-state index in [2.05, 4.69) is 32.9 Å². The second kappa shape index (κ2) is 8.41. The lowest BCUT2D eigenvalue weighted by Gasteiger charge is -2.37. The average Bonchev–Trinajstić information content (AvgIpc) is 2.68. The molecule has 0 spiro atoms. The molecule has 1 fully saturated rings. The molecule has 0 unspecified atom stereocenters. The molecule has 27 heavy (non-hydrogen) atoms. The van der Waals surface area contributed by atoms with Crippen LogP contribution in [-0.2, 0) is 0 Å². The number of amides is 1. The lowest BCUT2D eigenvalue weighted by atomic mass is 9.89. The molecule has 1 amide bonds. The van der Waals surface area contributed by atoms with E-state index in [4.69, 9.17) is 4.42 Å². The predicted molar refractivity (Wildman–Crippen MR) is 104 cm³/mol. The van der Waals surface area contributed by atoms with Crippen molar-refractivity contribution in [3.8, 4) is 6.07 Å². The van der Waals surface area contributed by atoms with Crippen molar-refractivity contribution in [1.29, 1.82) is 5.26 Å². The lowest BCUT2D eigenvalue weighted by Crippen LogP contribution is -2.53. The summed E-state index contributed by atoms with van der Waals surface area (Å²) in [5.74, 6) is -0.486. The number of anilines is 1. The van der Waals surface area contributed by atoms with Crippen molar-refractivity contribution >= 4 is 34.0 Å². The van der Waals surface area contributed by atoms with E-state index in [1.807, 2.05) is 0 Å². The number of hydrogen-bond acceptors (Lipinski definition) is 8. The van der Waals surface area contributed by atoms with Gasteiger partial charge in [0, 0.05) is 25.0 Å². The normalized spacial score (nSPS) is 16.6. The van der Waals surface area contributed by atoms with Crippen molar-refractivity contribution in [2.24, 2.45) is 0 Å². The van der Waals surface area contributed by atoms with Crippen molar-refractivity contribution < 1.29 is 9.21 Å². The maximum absolute atomic E-state index is 12.4. The minimum absolute atomic E-state index is 0.255. The van der Waals surface area contributed by atoms with E-state index in [1.54, 1.807) is 24.3 Å². The molecule has 9 heteroatoms. The topological polar surface area (TPSA) is 111 Å². The standard InChI is InChI=1S/C18H21N5O3S/c1-2-9-23-10-7-18(12-19,8-11-23)21-17(25)27-22-15-13-5-3-4-6-14(13)26-16(24)20-15/h3-6H,2,7-11H2,1H3,(H,21,25)(H,20,22,24). The van der Waals surface area contributed by atoms with Crippen LogP contribution in [-0.4, -0.2) is 40.3 Å². The summed E-state index contributed by atoms with van der Waals surface area (Å²) >= 11 is 0.764. The predicted octanol–water partition coefficient (Wildman–Crippen LogP) is 2.73. The third-order valence-electron chi connectivity index (χ3n) is 4.59. The molecule has 2 aromatic rings. The largest absolute Gasteiger partial charge is 0.441 e. The van der Waals surface area contributed by atoms with Crippen LogP contribution in [0.25, 0.3) is 11.0 Å². The molecule has 2 heterocycles. The van der Waals surface area contributed by atoms with Gasteiger partial charge >= 0.3 is 11.0 Å². The van der Waals surface area contributed by atoms with Gasteiger partial charge in [0.1, 0.15) is 11.1 Å². The number of aromatic nitrogens is 1.